The Hall–Kier alpha value is -2.54. The van der Waals surface area contributed by atoms with Crippen molar-refractivity contribution in [1.82, 2.24) is 19.7 Å². The Kier molecular flexibility index (Phi) is 4.44. The minimum atomic E-state index is 0.0508. The van der Waals surface area contributed by atoms with Gasteiger partial charge in [0.15, 0.2) is 5.78 Å². The summed E-state index contributed by atoms with van der Waals surface area (Å²) in [6.45, 7) is 6.03. The molecule has 6 nitrogen and oxygen atoms in total. The molecule has 0 aliphatic rings. The maximum Gasteiger partial charge on any atom is 0.216 e. The Morgan fingerprint density at radius 1 is 1.25 bits per heavy atom. The van der Waals surface area contributed by atoms with Crippen molar-refractivity contribution in [2.75, 3.05) is 11.5 Å². The number of aromatic amines is 1. The number of carbonyl (C=O) groups excluding carboxylic acids is 1. The Balaban J connectivity index is 1.82. The monoisotopic (exact) mass is 341 g/mol. The maximum atomic E-state index is 12.6. The molecule has 0 saturated heterocycles. The number of anilines is 1. The van der Waals surface area contributed by atoms with E-state index in [9.17, 15) is 4.79 Å². The summed E-state index contributed by atoms with van der Waals surface area (Å²) in [6, 6.07) is 10.2. The fourth-order valence-corrected chi connectivity index (χ4v) is 3.36. The lowest BCUT2D eigenvalue weighted by atomic mass is 10.2. The number of carbonyl (C=O) groups is 1. The second kappa shape index (κ2) is 6.52. The molecule has 0 radical (unpaired) electrons. The van der Waals surface area contributed by atoms with Crippen LogP contribution >= 0.6 is 11.8 Å². The maximum absolute atomic E-state index is 12.6. The molecular formula is C17H19N5OS. The Labute approximate surface area is 144 Å². The van der Waals surface area contributed by atoms with Crippen LogP contribution in [-0.2, 0) is 0 Å². The van der Waals surface area contributed by atoms with E-state index in [0.717, 1.165) is 22.6 Å². The van der Waals surface area contributed by atoms with Gasteiger partial charge in [0.05, 0.1) is 5.75 Å². The zero-order chi connectivity index (χ0) is 17.3. The van der Waals surface area contributed by atoms with Crippen LogP contribution in [0.1, 0.15) is 27.3 Å². The van der Waals surface area contributed by atoms with Gasteiger partial charge in [0.1, 0.15) is 0 Å². The van der Waals surface area contributed by atoms with E-state index in [-0.39, 0.29) is 17.5 Å². The number of nitrogens with zero attached hydrogens (tertiary/aromatic N) is 3. The third kappa shape index (κ3) is 3.21. The van der Waals surface area contributed by atoms with E-state index in [4.69, 9.17) is 5.73 Å². The first-order valence-electron chi connectivity index (χ1n) is 7.55. The summed E-state index contributed by atoms with van der Waals surface area (Å²) in [4.78, 5) is 16.6. The normalized spacial score (nSPS) is 11.0. The standard InChI is InChI=1S/C17H19N5OS/c1-10-4-6-13(7-5-10)22-11(2)8-14(12(22)3)15(23)9-24-17-19-16(18)20-21-17/h4-8H,9H2,1-3H3,(H3,18,19,20,21). The van der Waals surface area contributed by atoms with Crippen LogP contribution in [0.5, 0.6) is 0 Å². The minimum absolute atomic E-state index is 0.0508. The molecule has 0 amide bonds. The number of nitrogens with one attached hydrogen (secondary N) is 1. The van der Waals surface area contributed by atoms with Crippen molar-refractivity contribution in [2.45, 2.75) is 25.9 Å². The summed E-state index contributed by atoms with van der Waals surface area (Å²) < 4.78 is 2.10. The summed E-state index contributed by atoms with van der Waals surface area (Å²) in [5.74, 6) is 0.576. The van der Waals surface area contributed by atoms with Crippen molar-refractivity contribution in [1.29, 1.82) is 0 Å². The number of hydrogen-bond donors (Lipinski definition) is 2. The molecule has 3 N–H and O–H groups in total. The van der Waals surface area contributed by atoms with Gasteiger partial charge in [0.2, 0.25) is 11.1 Å². The third-order valence-electron chi connectivity index (χ3n) is 3.84. The van der Waals surface area contributed by atoms with Crippen LogP contribution in [0.25, 0.3) is 5.69 Å². The van der Waals surface area contributed by atoms with Crippen molar-refractivity contribution >= 4 is 23.5 Å². The highest BCUT2D eigenvalue weighted by Crippen LogP contribution is 2.23. The predicted octanol–water partition coefficient (Wildman–Crippen LogP) is 3.08. The van der Waals surface area contributed by atoms with Crippen LogP contribution in [0.4, 0.5) is 5.95 Å². The van der Waals surface area contributed by atoms with Gasteiger partial charge in [-0.3, -0.25) is 4.79 Å². The topological polar surface area (TPSA) is 89.6 Å². The van der Waals surface area contributed by atoms with Gasteiger partial charge in [-0.1, -0.05) is 29.5 Å². The molecule has 3 rings (SSSR count). The number of ketones is 1. The highest BCUT2D eigenvalue weighted by molar-refractivity contribution is 7.99. The summed E-state index contributed by atoms with van der Waals surface area (Å²) in [5, 5.41) is 6.97. The molecule has 3 aromatic rings. The lowest BCUT2D eigenvalue weighted by Crippen LogP contribution is -2.05. The predicted molar refractivity (Wildman–Crippen MR) is 95.8 cm³/mol. The SMILES string of the molecule is Cc1ccc(-n2c(C)cc(C(=O)CSc3n[nH]c(N)n3)c2C)cc1. The van der Waals surface area contributed by atoms with E-state index in [1.165, 1.54) is 17.3 Å². The molecule has 0 saturated carbocycles. The molecule has 2 heterocycles. The van der Waals surface area contributed by atoms with Crippen molar-refractivity contribution in [3.8, 4) is 5.69 Å². The van der Waals surface area contributed by atoms with Gasteiger partial charge in [0, 0.05) is 22.6 Å². The first kappa shape index (κ1) is 16.3. The van der Waals surface area contributed by atoms with Crippen molar-refractivity contribution in [3.63, 3.8) is 0 Å². The summed E-state index contributed by atoms with van der Waals surface area (Å²) in [5.41, 5.74) is 10.5. The smallest absolute Gasteiger partial charge is 0.216 e. The molecule has 7 heteroatoms. The fourth-order valence-electron chi connectivity index (χ4n) is 2.67. The quantitative estimate of drug-likeness (QED) is 0.550. The zero-order valence-electron chi connectivity index (χ0n) is 13.8. The Morgan fingerprint density at radius 3 is 2.58 bits per heavy atom. The zero-order valence-corrected chi connectivity index (χ0v) is 14.6. The van der Waals surface area contributed by atoms with E-state index in [1.807, 2.05) is 19.9 Å². The van der Waals surface area contributed by atoms with E-state index in [2.05, 4.69) is 50.9 Å². The van der Waals surface area contributed by atoms with Gasteiger partial charge in [-0.2, -0.15) is 4.98 Å². The molecule has 1 aromatic carbocycles. The van der Waals surface area contributed by atoms with Gasteiger partial charge < -0.3 is 10.3 Å². The van der Waals surface area contributed by atoms with E-state index in [0.29, 0.717) is 5.16 Å². The number of rotatable bonds is 5. The van der Waals surface area contributed by atoms with Gasteiger partial charge in [-0.15, -0.1) is 5.10 Å². The van der Waals surface area contributed by atoms with E-state index < -0.39 is 0 Å². The number of hydrogen-bond acceptors (Lipinski definition) is 5. The van der Waals surface area contributed by atoms with Crippen LogP contribution < -0.4 is 5.73 Å². The van der Waals surface area contributed by atoms with Crippen LogP contribution in [0.3, 0.4) is 0 Å². The number of nitrogens with two attached hydrogens (primary N) is 1. The second-order valence-electron chi connectivity index (χ2n) is 5.67. The molecule has 0 atom stereocenters. The summed E-state index contributed by atoms with van der Waals surface area (Å²) in [6.07, 6.45) is 0. The molecule has 0 unspecified atom stereocenters. The molecule has 0 spiro atoms. The molecule has 0 aliphatic carbocycles. The highest BCUT2D eigenvalue weighted by atomic mass is 32.2. The average molecular weight is 341 g/mol. The first-order valence-corrected chi connectivity index (χ1v) is 8.54. The molecule has 24 heavy (non-hydrogen) atoms. The first-order chi connectivity index (χ1) is 11.5. The number of benzene rings is 1. The third-order valence-corrected chi connectivity index (χ3v) is 4.69. The number of thioether (sulfide) groups is 1. The summed E-state index contributed by atoms with van der Waals surface area (Å²) >= 11 is 1.27. The summed E-state index contributed by atoms with van der Waals surface area (Å²) in [7, 11) is 0. The second-order valence-corrected chi connectivity index (χ2v) is 6.61. The lowest BCUT2D eigenvalue weighted by molar-refractivity contribution is 0.102. The van der Waals surface area contributed by atoms with E-state index in [1.54, 1.807) is 0 Å². The van der Waals surface area contributed by atoms with Crippen LogP contribution in [0.15, 0.2) is 35.5 Å². The van der Waals surface area contributed by atoms with Crippen molar-refractivity contribution in [3.05, 3.63) is 52.8 Å². The number of H-pyrrole nitrogens is 1. The number of aromatic nitrogens is 4. The van der Waals surface area contributed by atoms with Crippen LogP contribution in [0, 0.1) is 20.8 Å². The molecule has 2 aromatic heterocycles. The number of aryl methyl sites for hydroxylation is 2. The van der Waals surface area contributed by atoms with E-state index >= 15 is 0 Å². The minimum Gasteiger partial charge on any atom is -0.368 e. The number of Topliss-reactive ketones (excluding diaryl/α,β-unsaturated/α-hetero) is 1. The lowest BCUT2D eigenvalue weighted by Gasteiger charge is -2.10. The highest BCUT2D eigenvalue weighted by Gasteiger charge is 2.17. The van der Waals surface area contributed by atoms with Gasteiger partial charge in [-0.25, -0.2) is 5.10 Å². The van der Waals surface area contributed by atoms with Crippen LogP contribution in [-0.4, -0.2) is 31.3 Å². The molecule has 0 bridgehead atoms. The average Bonchev–Trinajstić information content (AvgIpc) is 3.09. The molecule has 0 aliphatic heterocycles. The van der Waals surface area contributed by atoms with Crippen LogP contribution in [0.2, 0.25) is 0 Å². The van der Waals surface area contributed by atoms with Gasteiger partial charge >= 0.3 is 0 Å². The Morgan fingerprint density at radius 2 is 1.96 bits per heavy atom. The molecular weight excluding hydrogens is 322 g/mol. The van der Waals surface area contributed by atoms with Crippen molar-refractivity contribution in [2.24, 2.45) is 0 Å². The van der Waals surface area contributed by atoms with Gasteiger partial charge in [0.25, 0.3) is 0 Å². The Bertz CT molecular complexity index is 879. The molecule has 124 valence electrons. The fraction of sp³-hybridized carbons (Fsp3) is 0.235. The molecule has 0 fully saturated rings. The number of nitrogen functional groups attached to an aromatic ring is 1. The van der Waals surface area contributed by atoms with Crippen molar-refractivity contribution < 1.29 is 4.79 Å². The van der Waals surface area contributed by atoms with Gasteiger partial charge in [-0.05, 0) is 39.0 Å². The largest absolute Gasteiger partial charge is 0.368 e.